The quantitative estimate of drug-likeness (QED) is 0.370. The lowest BCUT2D eigenvalue weighted by Crippen LogP contribution is -2.50. The number of nitrogens with zero attached hydrogens (tertiary/aromatic N) is 1. The first-order valence-corrected chi connectivity index (χ1v) is 10.9. The Morgan fingerprint density at radius 2 is 1.04 bits per heavy atom. The smallest absolute Gasteiger partial charge is 0.324 e. The van der Waals surface area contributed by atoms with Crippen molar-refractivity contribution in [2.45, 2.75) is 84.8 Å². The van der Waals surface area contributed by atoms with Crippen molar-refractivity contribution in [1.82, 2.24) is 0 Å². The van der Waals surface area contributed by atoms with Crippen LogP contribution in [0.4, 0.5) is 13.3 Å². The maximum atomic E-state index is 10.9. The zero-order valence-corrected chi connectivity index (χ0v) is 17.1. The maximum absolute atomic E-state index is 10.9. The monoisotopic (exact) mass is 392 g/mol. The second-order valence-electron chi connectivity index (χ2n) is 6.47. The van der Waals surface area contributed by atoms with Gasteiger partial charge in [0.1, 0.15) is 0 Å². The number of rotatable bonds is 14. The third-order valence-electron chi connectivity index (χ3n) is 4.25. The molecule has 0 aliphatic rings. The van der Waals surface area contributed by atoms with E-state index in [0.29, 0.717) is 0 Å². The summed E-state index contributed by atoms with van der Waals surface area (Å²) in [4.78, 5) is 0. The summed E-state index contributed by atoms with van der Waals surface area (Å²) in [6.07, 6.45) is 11.1. The first-order valence-electron chi connectivity index (χ1n) is 9.42. The number of hydrogen-bond donors (Lipinski definition) is 0. The summed E-state index contributed by atoms with van der Waals surface area (Å²) in [5.74, 6) is -3.81. The molecule has 0 fully saturated rings. The van der Waals surface area contributed by atoms with Gasteiger partial charge >= 0.3 is 15.9 Å². The van der Waals surface area contributed by atoms with Gasteiger partial charge in [0.15, 0.2) is 0 Å². The summed E-state index contributed by atoms with van der Waals surface area (Å²) in [5.41, 5.74) is 0. The molecule has 154 valence electrons. The molecule has 0 aromatic rings. The average molecular weight is 393 g/mol. The Morgan fingerprint density at radius 1 is 0.760 bits per heavy atom. The van der Waals surface area contributed by atoms with Gasteiger partial charge in [-0.25, -0.2) is 0 Å². The average Bonchev–Trinajstić information content (AvgIpc) is 2.61. The molecule has 0 spiro atoms. The van der Waals surface area contributed by atoms with E-state index in [1.807, 2.05) is 4.39 Å². The van der Waals surface area contributed by atoms with Gasteiger partial charge in [-0.3, -0.25) is 0 Å². The topological polar surface area (TPSA) is 43.4 Å². The summed E-state index contributed by atoms with van der Waals surface area (Å²) in [7, 11) is -5.24. The van der Waals surface area contributed by atoms with Gasteiger partial charge in [0.05, 0.1) is 26.2 Å². The predicted octanol–water partition coefficient (Wildman–Crippen LogP) is 5.44. The standard InChI is InChI=1S/C16H36N.CHF3O3S/c1-5-9-13-17(14-10-6-2,15-11-7-3)16-12-8-4;2-1(3)8(5,6)7-4/h5-16H2,1-4H3;1H/q+1;. The molecule has 25 heavy (non-hydrogen) atoms. The van der Waals surface area contributed by atoms with Crippen molar-refractivity contribution in [3.63, 3.8) is 0 Å². The lowest BCUT2D eigenvalue weighted by Gasteiger charge is -2.39. The predicted molar refractivity (Wildman–Crippen MR) is 96.5 cm³/mol. The highest BCUT2D eigenvalue weighted by Gasteiger charge is 2.26. The van der Waals surface area contributed by atoms with Gasteiger partial charge in [0.25, 0.3) is 0 Å². The zero-order chi connectivity index (χ0) is 19.8. The van der Waals surface area contributed by atoms with Crippen molar-refractivity contribution < 1.29 is 30.6 Å². The summed E-state index contributed by atoms with van der Waals surface area (Å²) in [6.45, 7) is 15.0. The molecule has 0 bridgehead atoms. The molecule has 0 radical (unpaired) electrons. The van der Waals surface area contributed by atoms with Gasteiger partial charge < -0.3 is 4.48 Å². The fraction of sp³-hybridized carbons (Fsp3) is 1.00. The molecule has 4 nitrogen and oxygen atoms in total. The molecule has 8 heteroatoms. The SMILES string of the molecule is CCCC[N+](CCCC)(CCCC)CCCC.O=S(=O)(OF)C(F)F. The Kier molecular flexibility index (Phi) is 17.1. The van der Waals surface area contributed by atoms with Gasteiger partial charge in [-0.1, -0.05) is 57.8 Å². The first-order chi connectivity index (χ1) is 11.7. The largest absolute Gasteiger partial charge is 0.363 e. The zero-order valence-electron chi connectivity index (χ0n) is 16.3. The second kappa shape index (κ2) is 15.9. The number of hydrogen-bond acceptors (Lipinski definition) is 3. The Balaban J connectivity index is 0. The Morgan fingerprint density at radius 3 is 1.16 bits per heavy atom. The van der Waals surface area contributed by atoms with Crippen LogP contribution in [0.1, 0.15) is 79.1 Å². The van der Waals surface area contributed by atoms with Gasteiger partial charge in [0, 0.05) is 0 Å². The molecule has 0 aliphatic carbocycles. The van der Waals surface area contributed by atoms with Gasteiger partial charge in [-0.05, 0) is 30.2 Å². The van der Waals surface area contributed by atoms with Crippen LogP contribution in [0.3, 0.4) is 0 Å². The van der Waals surface area contributed by atoms with Crippen molar-refractivity contribution in [3.05, 3.63) is 0 Å². The molecular weight excluding hydrogens is 355 g/mol. The van der Waals surface area contributed by atoms with Crippen LogP contribution in [0.25, 0.3) is 0 Å². The van der Waals surface area contributed by atoms with Crippen LogP contribution in [-0.4, -0.2) is 44.8 Å². The van der Waals surface area contributed by atoms with Crippen LogP contribution in [0.2, 0.25) is 0 Å². The Hall–Kier alpha value is -0.340. The van der Waals surface area contributed by atoms with Crippen LogP contribution in [0.5, 0.6) is 0 Å². The number of unbranched alkanes of at least 4 members (excludes halogenated alkanes) is 4. The number of quaternary nitrogens is 1. The van der Waals surface area contributed by atoms with Crippen LogP contribution < -0.4 is 0 Å². The normalized spacial score (nSPS) is 12.2. The number of alkyl halides is 2. The maximum Gasteiger partial charge on any atom is 0.363 e. The minimum atomic E-state index is -5.24. The van der Waals surface area contributed by atoms with Crippen LogP contribution in [-0.2, 0) is 14.5 Å². The molecule has 0 atom stereocenters. The Bertz CT molecular complexity index is 355. The fourth-order valence-electron chi connectivity index (χ4n) is 2.67. The highest BCUT2D eigenvalue weighted by molar-refractivity contribution is 7.86. The van der Waals surface area contributed by atoms with Crippen molar-refractivity contribution in [2.24, 2.45) is 0 Å². The minimum absolute atomic E-state index is 1.35. The third kappa shape index (κ3) is 13.5. The van der Waals surface area contributed by atoms with E-state index in [4.69, 9.17) is 0 Å². The first kappa shape index (κ1) is 26.9. The lowest BCUT2D eigenvalue weighted by atomic mass is 10.1. The van der Waals surface area contributed by atoms with Crippen LogP contribution in [0.15, 0.2) is 0 Å². The second-order valence-corrected chi connectivity index (χ2v) is 7.93. The van der Waals surface area contributed by atoms with Crippen molar-refractivity contribution in [1.29, 1.82) is 0 Å². The number of halogens is 3. The van der Waals surface area contributed by atoms with Crippen LogP contribution in [0, 0.1) is 0 Å². The van der Waals surface area contributed by atoms with Gasteiger partial charge in [0.2, 0.25) is 0 Å². The van der Waals surface area contributed by atoms with E-state index in [-0.39, 0.29) is 0 Å². The van der Waals surface area contributed by atoms with E-state index in [1.165, 1.54) is 82.0 Å². The molecule has 0 amide bonds. The van der Waals surface area contributed by atoms with Gasteiger partial charge in [-0.15, -0.1) is 0 Å². The Labute approximate surface area is 152 Å². The third-order valence-corrected chi connectivity index (χ3v) is 4.86. The molecule has 0 N–H and O–H groups in total. The molecule has 0 aromatic carbocycles. The summed E-state index contributed by atoms with van der Waals surface area (Å²) in [6, 6.07) is 0. The molecule has 0 rings (SSSR count). The molecule has 0 unspecified atom stereocenters. The minimum Gasteiger partial charge on any atom is -0.324 e. The lowest BCUT2D eigenvalue weighted by molar-refractivity contribution is -0.929. The van der Waals surface area contributed by atoms with E-state index < -0.39 is 15.9 Å². The van der Waals surface area contributed by atoms with E-state index >= 15 is 0 Å². The van der Waals surface area contributed by atoms with E-state index in [2.05, 4.69) is 27.7 Å². The molecule has 0 saturated carbocycles. The highest BCUT2D eigenvalue weighted by Crippen LogP contribution is 2.16. The van der Waals surface area contributed by atoms with E-state index in [0.717, 1.165) is 0 Å². The van der Waals surface area contributed by atoms with Crippen molar-refractivity contribution >= 4 is 10.1 Å². The molecule has 0 aromatic heterocycles. The molecule has 0 aliphatic heterocycles. The van der Waals surface area contributed by atoms with E-state index in [9.17, 15) is 21.7 Å². The van der Waals surface area contributed by atoms with E-state index in [1.54, 1.807) is 0 Å². The highest BCUT2D eigenvalue weighted by atomic mass is 32.2. The summed E-state index contributed by atoms with van der Waals surface area (Å²) < 4.78 is 54.2. The molecule has 0 heterocycles. The van der Waals surface area contributed by atoms with Gasteiger partial charge in [-0.2, -0.15) is 17.2 Å². The summed E-state index contributed by atoms with van der Waals surface area (Å²) >= 11 is 0. The van der Waals surface area contributed by atoms with Crippen molar-refractivity contribution in [3.8, 4) is 0 Å². The molecular formula is C17H37F3NO3S+. The fourth-order valence-corrected chi connectivity index (χ4v) is 2.73. The molecule has 0 saturated heterocycles. The van der Waals surface area contributed by atoms with Crippen LogP contribution >= 0.6 is 0 Å². The van der Waals surface area contributed by atoms with Crippen molar-refractivity contribution in [2.75, 3.05) is 26.2 Å². The summed E-state index contributed by atoms with van der Waals surface area (Å²) in [5, 5.41) is 0.